The molecule has 0 saturated carbocycles. The Morgan fingerprint density at radius 2 is 2.09 bits per heavy atom. The van der Waals surface area contributed by atoms with E-state index >= 15 is 0 Å². The second kappa shape index (κ2) is 5.32. The Morgan fingerprint density at radius 3 is 2.77 bits per heavy atom. The first-order valence-corrected chi connectivity index (χ1v) is 7.46. The van der Waals surface area contributed by atoms with E-state index in [0.717, 1.165) is 18.5 Å². The Hall–Kier alpha value is -2.01. The van der Waals surface area contributed by atoms with Gasteiger partial charge in [0.2, 0.25) is 0 Å². The van der Waals surface area contributed by atoms with Crippen LogP contribution in [0.3, 0.4) is 0 Å². The number of carbonyl (C=O) groups excluding carboxylic acids is 1. The normalized spacial score (nSPS) is 27.8. The number of nitrogens with two attached hydrogens (primary N) is 1. The van der Waals surface area contributed by atoms with E-state index in [4.69, 9.17) is 15.2 Å². The van der Waals surface area contributed by atoms with Crippen molar-refractivity contribution in [3.8, 4) is 11.5 Å². The van der Waals surface area contributed by atoms with Gasteiger partial charge in [0.05, 0.1) is 19.9 Å². The third-order valence-corrected chi connectivity index (χ3v) is 5.01. The number of likely N-dealkylation sites (tertiary alicyclic amines) is 1. The van der Waals surface area contributed by atoms with Gasteiger partial charge in [-0.25, -0.2) is 0 Å². The van der Waals surface area contributed by atoms with Gasteiger partial charge in [-0.3, -0.25) is 4.79 Å². The third kappa shape index (κ3) is 2.08. The molecule has 2 unspecified atom stereocenters. The number of nitrogen functional groups attached to an aromatic ring is 1. The fourth-order valence-corrected chi connectivity index (χ4v) is 3.81. The average Bonchev–Trinajstić information content (AvgIpc) is 2.84. The highest BCUT2D eigenvalue weighted by Gasteiger charge is 2.48. The molecule has 22 heavy (non-hydrogen) atoms. The number of ketones is 1. The Bertz CT molecular complexity index is 641. The van der Waals surface area contributed by atoms with Crippen molar-refractivity contribution in [2.45, 2.75) is 24.3 Å². The Kier molecular flexibility index (Phi) is 3.60. The number of nitrogens with zero attached hydrogens (tertiary/aromatic N) is 1. The first-order valence-electron chi connectivity index (χ1n) is 7.46. The van der Waals surface area contributed by atoms with E-state index in [-0.39, 0.29) is 17.2 Å². The van der Waals surface area contributed by atoms with E-state index in [1.807, 2.05) is 18.2 Å². The van der Waals surface area contributed by atoms with Gasteiger partial charge in [-0.05, 0) is 43.8 Å². The SMILES string of the molecule is COc1cc(C23C=CC(=O)CC2N(C)CC3)cc(N)c1OC. The zero-order chi connectivity index (χ0) is 15.9. The van der Waals surface area contributed by atoms with Gasteiger partial charge in [0.15, 0.2) is 17.3 Å². The van der Waals surface area contributed by atoms with Crippen LogP contribution < -0.4 is 15.2 Å². The van der Waals surface area contributed by atoms with E-state index < -0.39 is 0 Å². The molecule has 0 radical (unpaired) electrons. The second-order valence-electron chi connectivity index (χ2n) is 6.09. The van der Waals surface area contributed by atoms with Gasteiger partial charge in [0, 0.05) is 17.9 Å². The summed E-state index contributed by atoms with van der Waals surface area (Å²) < 4.78 is 10.8. The van der Waals surface area contributed by atoms with Gasteiger partial charge in [-0.15, -0.1) is 0 Å². The molecule has 2 atom stereocenters. The maximum absolute atomic E-state index is 11.8. The molecule has 5 nitrogen and oxygen atoms in total. The topological polar surface area (TPSA) is 64.8 Å². The fourth-order valence-electron chi connectivity index (χ4n) is 3.81. The van der Waals surface area contributed by atoms with E-state index in [1.54, 1.807) is 20.3 Å². The highest BCUT2D eigenvalue weighted by Crippen LogP contribution is 2.47. The summed E-state index contributed by atoms with van der Waals surface area (Å²) in [6, 6.07) is 4.11. The van der Waals surface area contributed by atoms with Crippen molar-refractivity contribution in [3.63, 3.8) is 0 Å². The van der Waals surface area contributed by atoms with E-state index in [1.165, 1.54) is 0 Å². The first kappa shape index (κ1) is 14.9. The van der Waals surface area contributed by atoms with E-state index in [0.29, 0.717) is 23.6 Å². The molecule has 1 heterocycles. The minimum Gasteiger partial charge on any atom is -0.493 e. The lowest BCUT2D eigenvalue weighted by atomic mass is 9.69. The summed E-state index contributed by atoms with van der Waals surface area (Å²) in [6.45, 7) is 0.955. The van der Waals surface area contributed by atoms with Gasteiger partial charge >= 0.3 is 0 Å². The molecule has 5 heteroatoms. The summed E-state index contributed by atoms with van der Waals surface area (Å²) in [5.74, 6) is 1.37. The number of likely N-dealkylation sites (N-methyl/N-ethyl adjacent to an activating group) is 1. The van der Waals surface area contributed by atoms with Crippen molar-refractivity contribution in [1.82, 2.24) is 4.90 Å². The molecule has 0 bridgehead atoms. The molecule has 0 spiro atoms. The number of rotatable bonds is 3. The molecule has 118 valence electrons. The smallest absolute Gasteiger partial charge is 0.183 e. The fraction of sp³-hybridized carbons (Fsp3) is 0.471. The lowest BCUT2D eigenvalue weighted by Gasteiger charge is -2.37. The summed E-state index contributed by atoms with van der Waals surface area (Å²) >= 11 is 0. The lowest BCUT2D eigenvalue weighted by Crippen LogP contribution is -2.43. The number of carbonyl (C=O) groups is 1. The highest BCUT2D eigenvalue weighted by molar-refractivity contribution is 5.92. The number of anilines is 1. The van der Waals surface area contributed by atoms with E-state index in [2.05, 4.69) is 11.9 Å². The quantitative estimate of drug-likeness (QED) is 0.862. The number of methoxy groups -OCH3 is 2. The Labute approximate surface area is 130 Å². The molecule has 0 aromatic heterocycles. The van der Waals surface area contributed by atoms with Crippen molar-refractivity contribution in [1.29, 1.82) is 0 Å². The van der Waals surface area contributed by atoms with Crippen LogP contribution in [-0.2, 0) is 10.2 Å². The van der Waals surface area contributed by atoms with Crippen LogP contribution in [0.5, 0.6) is 11.5 Å². The van der Waals surface area contributed by atoms with Crippen molar-refractivity contribution in [2.24, 2.45) is 0 Å². The number of hydrogen-bond donors (Lipinski definition) is 1. The largest absolute Gasteiger partial charge is 0.493 e. The van der Waals surface area contributed by atoms with Crippen LogP contribution in [0.15, 0.2) is 24.3 Å². The van der Waals surface area contributed by atoms with Gasteiger partial charge < -0.3 is 20.1 Å². The minimum atomic E-state index is -0.184. The Morgan fingerprint density at radius 1 is 1.32 bits per heavy atom. The molecular weight excluding hydrogens is 280 g/mol. The van der Waals surface area contributed by atoms with Crippen molar-refractivity contribution in [2.75, 3.05) is 33.5 Å². The monoisotopic (exact) mass is 302 g/mol. The standard InChI is InChI=1S/C17H22N2O3/c1-19-7-6-17(5-4-12(20)10-15(17)19)11-8-13(18)16(22-3)14(9-11)21-2/h4-5,8-9,15H,6-7,10,18H2,1-3H3. The molecule has 3 rings (SSSR count). The van der Waals surface area contributed by atoms with Crippen molar-refractivity contribution >= 4 is 11.5 Å². The number of fused-ring (bicyclic) bond motifs is 1. The average molecular weight is 302 g/mol. The Balaban J connectivity index is 2.15. The predicted molar refractivity (Wildman–Crippen MR) is 85.4 cm³/mol. The zero-order valence-corrected chi connectivity index (χ0v) is 13.3. The molecule has 1 aromatic carbocycles. The van der Waals surface area contributed by atoms with Crippen LogP contribution in [0.25, 0.3) is 0 Å². The van der Waals surface area contributed by atoms with Crippen LogP contribution >= 0.6 is 0 Å². The van der Waals surface area contributed by atoms with Gasteiger partial charge in [0.25, 0.3) is 0 Å². The number of ether oxygens (including phenoxy) is 2. The van der Waals surface area contributed by atoms with E-state index in [9.17, 15) is 4.79 Å². The number of benzene rings is 1. The van der Waals surface area contributed by atoms with Crippen LogP contribution in [-0.4, -0.2) is 44.5 Å². The second-order valence-corrected chi connectivity index (χ2v) is 6.09. The third-order valence-electron chi connectivity index (χ3n) is 5.01. The maximum Gasteiger partial charge on any atom is 0.183 e. The van der Waals surface area contributed by atoms with Crippen LogP contribution in [0.1, 0.15) is 18.4 Å². The molecule has 2 aliphatic rings. The van der Waals surface area contributed by atoms with Crippen molar-refractivity contribution in [3.05, 3.63) is 29.8 Å². The van der Waals surface area contributed by atoms with Gasteiger partial charge in [0.1, 0.15) is 0 Å². The number of allylic oxidation sites excluding steroid dienone is 1. The maximum atomic E-state index is 11.8. The summed E-state index contributed by atoms with van der Waals surface area (Å²) in [4.78, 5) is 14.1. The summed E-state index contributed by atoms with van der Waals surface area (Å²) in [7, 11) is 5.26. The van der Waals surface area contributed by atoms with Gasteiger partial charge in [-0.1, -0.05) is 6.08 Å². The molecule has 1 aliphatic carbocycles. The molecular formula is C17H22N2O3. The lowest BCUT2D eigenvalue weighted by molar-refractivity contribution is -0.116. The zero-order valence-electron chi connectivity index (χ0n) is 13.3. The van der Waals surface area contributed by atoms with Crippen LogP contribution in [0.2, 0.25) is 0 Å². The minimum absolute atomic E-state index is 0.169. The first-order chi connectivity index (χ1) is 10.5. The molecule has 0 amide bonds. The summed E-state index contributed by atoms with van der Waals surface area (Å²) in [6.07, 6.45) is 5.27. The van der Waals surface area contributed by atoms with Crippen LogP contribution in [0.4, 0.5) is 5.69 Å². The molecule has 2 N–H and O–H groups in total. The van der Waals surface area contributed by atoms with Crippen LogP contribution in [0, 0.1) is 0 Å². The molecule has 1 aromatic rings. The van der Waals surface area contributed by atoms with Crippen molar-refractivity contribution < 1.29 is 14.3 Å². The van der Waals surface area contributed by atoms with Gasteiger partial charge in [-0.2, -0.15) is 0 Å². The number of hydrogen-bond acceptors (Lipinski definition) is 5. The highest BCUT2D eigenvalue weighted by atomic mass is 16.5. The predicted octanol–water partition coefficient (Wildman–Crippen LogP) is 1.76. The molecule has 1 saturated heterocycles. The summed E-state index contributed by atoms with van der Waals surface area (Å²) in [5, 5.41) is 0. The summed E-state index contributed by atoms with van der Waals surface area (Å²) in [5.41, 5.74) is 7.61. The molecule has 1 fully saturated rings. The molecule has 1 aliphatic heterocycles.